The van der Waals surface area contributed by atoms with E-state index in [-0.39, 0.29) is 5.92 Å². The Morgan fingerprint density at radius 1 is 1.31 bits per heavy atom. The van der Waals surface area contributed by atoms with Crippen molar-refractivity contribution in [1.82, 2.24) is 0 Å². The summed E-state index contributed by atoms with van der Waals surface area (Å²) in [5, 5.41) is 7.90. The average molecular weight is 207 g/mol. The molecule has 0 amide bonds. The molecule has 0 rings (SSSR count). The van der Waals surface area contributed by atoms with Crippen LogP contribution in [0.1, 0.15) is 40.0 Å². The molecule has 1 N–H and O–H groups in total. The van der Waals surface area contributed by atoms with Crippen LogP contribution in [0.2, 0.25) is 0 Å². The Bertz CT molecular complexity index is 157. The van der Waals surface area contributed by atoms with Crippen LogP contribution in [0.4, 0.5) is 0 Å². The summed E-state index contributed by atoms with van der Waals surface area (Å²) in [6, 6.07) is 0. The predicted octanol–water partition coefficient (Wildman–Crippen LogP) is 3.14. The van der Waals surface area contributed by atoms with Crippen LogP contribution in [-0.4, -0.2) is 16.5 Å². The summed E-state index contributed by atoms with van der Waals surface area (Å²) in [5.74, 6) is -0.151. The highest BCUT2D eigenvalue weighted by Gasteiger charge is 2.21. The lowest BCUT2D eigenvalue weighted by Crippen LogP contribution is -2.21. The fourth-order valence-electron chi connectivity index (χ4n) is 1.24. The molecule has 13 heavy (non-hydrogen) atoms. The molecule has 0 radical (unpaired) electrons. The molecule has 0 fully saturated rings. The first-order valence-electron chi connectivity index (χ1n) is 4.82. The number of hydrogen-bond acceptors (Lipinski definition) is 1. The fourth-order valence-corrected chi connectivity index (χ4v) is 1.36. The van der Waals surface area contributed by atoms with Crippen molar-refractivity contribution >= 4 is 17.6 Å². The minimum Gasteiger partial charge on any atom is -0.480 e. The highest BCUT2D eigenvalue weighted by Crippen LogP contribution is 2.19. The van der Waals surface area contributed by atoms with E-state index < -0.39 is 11.3 Å². The van der Waals surface area contributed by atoms with E-state index in [4.69, 9.17) is 16.7 Å². The van der Waals surface area contributed by atoms with Gasteiger partial charge in [-0.05, 0) is 18.3 Å². The van der Waals surface area contributed by atoms with E-state index in [0.717, 1.165) is 19.3 Å². The first-order chi connectivity index (χ1) is 5.95. The van der Waals surface area contributed by atoms with Gasteiger partial charge in [-0.3, -0.25) is 4.79 Å². The molecule has 0 aliphatic heterocycles. The molecule has 0 saturated heterocycles. The summed E-state index contributed by atoms with van der Waals surface area (Å²) in [6.07, 6.45) is 3.11. The van der Waals surface area contributed by atoms with E-state index in [1.54, 1.807) is 0 Å². The molecule has 3 heteroatoms. The average Bonchev–Trinajstić information content (AvgIpc) is 2.02. The zero-order valence-corrected chi connectivity index (χ0v) is 9.34. The molecule has 2 unspecified atom stereocenters. The number of carboxylic acids is 1. The van der Waals surface area contributed by atoms with E-state index >= 15 is 0 Å². The topological polar surface area (TPSA) is 37.3 Å². The predicted molar refractivity (Wildman–Crippen MR) is 55.1 cm³/mol. The summed E-state index contributed by atoms with van der Waals surface area (Å²) in [5.41, 5.74) is 0. The summed E-state index contributed by atoms with van der Waals surface area (Å²) in [7, 11) is 0. The van der Waals surface area contributed by atoms with E-state index in [9.17, 15) is 4.79 Å². The number of carboxylic acid groups (broad SMARTS) is 1. The third-order valence-corrected chi connectivity index (χ3v) is 2.79. The standard InChI is InChI=1S/C10H19ClO2/c1-7(2)5-4-6-8(3)9(11)10(12)13/h7-9H,4-6H2,1-3H3,(H,12,13). The second-order valence-electron chi connectivity index (χ2n) is 4.04. The lowest BCUT2D eigenvalue weighted by molar-refractivity contribution is -0.137. The van der Waals surface area contributed by atoms with Crippen LogP contribution >= 0.6 is 11.6 Å². The number of alkyl halides is 1. The molecule has 0 saturated carbocycles. The van der Waals surface area contributed by atoms with Crippen LogP contribution in [0.5, 0.6) is 0 Å². The summed E-state index contributed by atoms with van der Waals surface area (Å²) >= 11 is 5.68. The molecule has 2 atom stereocenters. The molecule has 0 aliphatic carbocycles. The highest BCUT2D eigenvalue weighted by molar-refractivity contribution is 6.29. The van der Waals surface area contributed by atoms with Gasteiger partial charge in [0.25, 0.3) is 0 Å². The monoisotopic (exact) mass is 206 g/mol. The zero-order chi connectivity index (χ0) is 10.4. The molecular weight excluding hydrogens is 188 g/mol. The van der Waals surface area contributed by atoms with Gasteiger partial charge in [-0.1, -0.05) is 33.6 Å². The Morgan fingerprint density at radius 3 is 2.23 bits per heavy atom. The second kappa shape index (κ2) is 6.25. The van der Waals surface area contributed by atoms with Crippen LogP contribution in [0, 0.1) is 11.8 Å². The van der Waals surface area contributed by atoms with Crippen LogP contribution in [0.15, 0.2) is 0 Å². The van der Waals surface area contributed by atoms with Crippen molar-refractivity contribution in [2.75, 3.05) is 0 Å². The van der Waals surface area contributed by atoms with E-state index in [1.807, 2.05) is 6.92 Å². The van der Waals surface area contributed by atoms with Crippen molar-refractivity contribution < 1.29 is 9.90 Å². The maximum Gasteiger partial charge on any atom is 0.321 e. The molecular formula is C10H19ClO2. The Balaban J connectivity index is 3.61. The van der Waals surface area contributed by atoms with Gasteiger partial charge < -0.3 is 5.11 Å². The van der Waals surface area contributed by atoms with Gasteiger partial charge in [0.1, 0.15) is 5.38 Å². The highest BCUT2D eigenvalue weighted by atomic mass is 35.5. The van der Waals surface area contributed by atoms with Crippen molar-refractivity contribution in [2.24, 2.45) is 11.8 Å². The largest absolute Gasteiger partial charge is 0.480 e. The molecule has 0 spiro atoms. The molecule has 0 aromatic heterocycles. The van der Waals surface area contributed by atoms with Crippen LogP contribution < -0.4 is 0 Å². The minimum absolute atomic E-state index is 0.0675. The van der Waals surface area contributed by atoms with Gasteiger partial charge in [0.05, 0.1) is 0 Å². The minimum atomic E-state index is -0.904. The number of hydrogen-bond donors (Lipinski definition) is 1. The quantitative estimate of drug-likeness (QED) is 0.678. The van der Waals surface area contributed by atoms with Gasteiger partial charge in [-0.25, -0.2) is 0 Å². The maximum absolute atomic E-state index is 10.5. The maximum atomic E-state index is 10.5. The molecule has 78 valence electrons. The Hall–Kier alpha value is -0.240. The van der Waals surface area contributed by atoms with Crippen LogP contribution in [-0.2, 0) is 4.79 Å². The Kier molecular flexibility index (Phi) is 6.13. The third kappa shape index (κ3) is 5.92. The van der Waals surface area contributed by atoms with E-state index in [0.29, 0.717) is 5.92 Å². The van der Waals surface area contributed by atoms with Crippen molar-refractivity contribution in [3.63, 3.8) is 0 Å². The lowest BCUT2D eigenvalue weighted by Gasteiger charge is -2.14. The van der Waals surface area contributed by atoms with Gasteiger partial charge in [-0.2, -0.15) is 0 Å². The van der Waals surface area contributed by atoms with Gasteiger partial charge in [-0.15, -0.1) is 11.6 Å². The van der Waals surface area contributed by atoms with Crippen molar-refractivity contribution in [3.8, 4) is 0 Å². The van der Waals surface area contributed by atoms with E-state index in [1.165, 1.54) is 0 Å². The molecule has 2 nitrogen and oxygen atoms in total. The number of halogens is 1. The summed E-state index contributed by atoms with van der Waals surface area (Å²) in [4.78, 5) is 10.5. The van der Waals surface area contributed by atoms with Gasteiger partial charge >= 0.3 is 5.97 Å². The first kappa shape index (κ1) is 12.8. The van der Waals surface area contributed by atoms with Crippen LogP contribution in [0.25, 0.3) is 0 Å². The normalized spacial score (nSPS) is 15.8. The van der Waals surface area contributed by atoms with Gasteiger partial charge in [0, 0.05) is 0 Å². The number of rotatable bonds is 6. The zero-order valence-electron chi connectivity index (χ0n) is 8.59. The second-order valence-corrected chi connectivity index (χ2v) is 4.51. The van der Waals surface area contributed by atoms with Gasteiger partial charge in [0.2, 0.25) is 0 Å². The van der Waals surface area contributed by atoms with Crippen molar-refractivity contribution in [2.45, 2.75) is 45.4 Å². The number of aliphatic carboxylic acids is 1. The summed E-state index contributed by atoms with van der Waals surface area (Å²) in [6.45, 7) is 6.23. The molecule has 0 aromatic carbocycles. The Labute approximate surface area is 85.3 Å². The van der Waals surface area contributed by atoms with Gasteiger partial charge in [0.15, 0.2) is 0 Å². The molecule has 0 aromatic rings. The fraction of sp³-hybridized carbons (Fsp3) is 0.900. The molecule has 0 bridgehead atoms. The van der Waals surface area contributed by atoms with E-state index in [2.05, 4.69) is 13.8 Å². The number of carbonyl (C=O) groups is 1. The molecule has 0 heterocycles. The first-order valence-corrected chi connectivity index (χ1v) is 5.25. The Morgan fingerprint density at radius 2 is 1.85 bits per heavy atom. The van der Waals surface area contributed by atoms with Crippen LogP contribution in [0.3, 0.4) is 0 Å². The summed E-state index contributed by atoms with van der Waals surface area (Å²) < 4.78 is 0. The SMILES string of the molecule is CC(C)CCCC(C)C(Cl)C(=O)O. The lowest BCUT2D eigenvalue weighted by atomic mass is 9.97. The van der Waals surface area contributed by atoms with Crippen molar-refractivity contribution in [3.05, 3.63) is 0 Å². The smallest absolute Gasteiger partial charge is 0.321 e. The van der Waals surface area contributed by atoms with Crippen molar-refractivity contribution in [1.29, 1.82) is 0 Å². The molecule has 0 aliphatic rings. The third-order valence-electron chi connectivity index (χ3n) is 2.18.